The summed E-state index contributed by atoms with van der Waals surface area (Å²) in [5, 5.41) is 35.0. The molecule has 0 spiro atoms. The third-order valence-corrected chi connectivity index (χ3v) is 10.2. The van der Waals surface area contributed by atoms with E-state index in [-0.39, 0.29) is 30.7 Å². The average Bonchev–Trinajstić information content (AvgIpc) is 2.94. The summed E-state index contributed by atoms with van der Waals surface area (Å²) in [4.78, 5) is 17.7. The van der Waals surface area contributed by atoms with Crippen LogP contribution >= 0.6 is 0 Å². The van der Waals surface area contributed by atoms with Crippen LogP contribution in [0.25, 0.3) is 0 Å². The lowest BCUT2D eigenvalue weighted by Gasteiger charge is -2.48. The maximum atomic E-state index is 13.6. The fourth-order valence-corrected chi connectivity index (χ4v) is 7.50. The standard InChI is InChI=1S/C33H60N2O9/c1-12-25-33(8,39)29-23(6)35(11)18-19(2)17-32(7,41-15-13-14-40-29)28(21(4)26(36)22(5)30(38)43-25)44-31-27(37)24(34(9)10)16-20(3)42-31/h13-14,19-29,31,36-37,39H,12,15-18H2,1-11H3/b14-13+/t19-,20-,21+,22?,23-,24+,25-,26?,27-,28-,29-,31+,32-,33-/m1/s1. The van der Waals surface area contributed by atoms with E-state index < -0.39 is 65.8 Å². The summed E-state index contributed by atoms with van der Waals surface area (Å²) in [6.07, 6.45) is -0.836. The summed E-state index contributed by atoms with van der Waals surface area (Å²) < 4.78 is 31.7. The van der Waals surface area contributed by atoms with Crippen LogP contribution in [0, 0.1) is 17.8 Å². The monoisotopic (exact) mass is 628 g/mol. The van der Waals surface area contributed by atoms with Crippen molar-refractivity contribution in [2.24, 2.45) is 17.8 Å². The van der Waals surface area contributed by atoms with Gasteiger partial charge in [-0.05, 0) is 87.0 Å². The van der Waals surface area contributed by atoms with Crippen molar-refractivity contribution in [3.63, 3.8) is 0 Å². The van der Waals surface area contributed by atoms with E-state index in [4.69, 9.17) is 23.7 Å². The summed E-state index contributed by atoms with van der Waals surface area (Å²) in [6.45, 7) is 15.8. The second-order valence-electron chi connectivity index (χ2n) is 14.4. The number of fused-ring (bicyclic) bond motifs is 14. The Morgan fingerprint density at radius 3 is 2.39 bits per heavy atom. The topological polar surface area (TPSA) is 130 Å². The summed E-state index contributed by atoms with van der Waals surface area (Å²) in [7, 11) is 5.83. The third-order valence-electron chi connectivity index (χ3n) is 10.2. The molecule has 0 aromatic carbocycles. The van der Waals surface area contributed by atoms with Crippen molar-refractivity contribution in [3.8, 4) is 0 Å². The summed E-state index contributed by atoms with van der Waals surface area (Å²) in [5.41, 5.74) is -2.51. The van der Waals surface area contributed by atoms with Crippen molar-refractivity contribution in [3.05, 3.63) is 12.3 Å². The van der Waals surface area contributed by atoms with Gasteiger partial charge in [-0.3, -0.25) is 9.69 Å². The van der Waals surface area contributed by atoms with Crippen LogP contribution in [-0.2, 0) is 28.5 Å². The minimum atomic E-state index is -1.54. The van der Waals surface area contributed by atoms with Crippen LogP contribution < -0.4 is 0 Å². The molecule has 256 valence electrons. The summed E-state index contributed by atoms with van der Waals surface area (Å²) in [6, 6.07) is -0.433. The summed E-state index contributed by atoms with van der Waals surface area (Å²) >= 11 is 0. The highest BCUT2D eigenvalue weighted by atomic mass is 16.7. The maximum absolute atomic E-state index is 13.6. The van der Waals surface area contributed by atoms with Gasteiger partial charge in [-0.15, -0.1) is 0 Å². The lowest BCUT2D eigenvalue weighted by Crippen LogP contribution is -2.60. The largest absolute Gasteiger partial charge is 0.493 e. The number of aliphatic hydroxyl groups excluding tert-OH is 2. The first-order valence-electron chi connectivity index (χ1n) is 16.4. The van der Waals surface area contributed by atoms with E-state index in [0.717, 1.165) is 0 Å². The van der Waals surface area contributed by atoms with Gasteiger partial charge >= 0.3 is 5.97 Å². The zero-order chi connectivity index (χ0) is 33.1. The molecule has 0 aliphatic carbocycles. The molecular formula is C33H60N2O9. The van der Waals surface area contributed by atoms with E-state index in [1.54, 1.807) is 19.9 Å². The predicted octanol–water partition coefficient (Wildman–Crippen LogP) is 2.55. The van der Waals surface area contributed by atoms with Crippen LogP contribution in [0.4, 0.5) is 0 Å². The van der Waals surface area contributed by atoms with Gasteiger partial charge < -0.3 is 43.9 Å². The van der Waals surface area contributed by atoms with Gasteiger partial charge in [-0.2, -0.15) is 0 Å². The van der Waals surface area contributed by atoms with E-state index in [2.05, 4.69) is 11.8 Å². The zero-order valence-electron chi connectivity index (χ0n) is 28.8. The molecule has 4 heterocycles. The number of likely N-dealkylation sites (N-methyl/N-ethyl adjacent to an activating group) is 2. The number of carbonyl (C=O) groups excluding carboxylic acids is 1. The second kappa shape index (κ2) is 15.1. The number of nitrogens with zero attached hydrogens (tertiary/aromatic N) is 2. The Balaban J connectivity index is 2.15. The van der Waals surface area contributed by atoms with Gasteiger partial charge in [0.05, 0.1) is 42.7 Å². The maximum Gasteiger partial charge on any atom is 0.311 e. The molecule has 4 rings (SSSR count). The predicted molar refractivity (Wildman–Crippen MR) is 167 cm³/mol. The van der Waals surface area contributed by atoms with E-state index in [1.807, 2.05) is 60.7 Å². The fourth-order valence-electron chi connectivity index (χ4n) is 7.50. The third kappa shape index (κ3) is 8.15. The minimum absolute atomic E-state index is 0.0879. The molecule has 2 bridgehead atoms. The minimum Gasteiger partial charge on any atom is -0.493 e. The normalized spacial score (nSPS) is 47.8. The van der Waals surface area contributed by atoms with Gasteiger partial charge in [0.25, 0.3) is 0 Å². The molecule has 11 heteroatoms. The quantitative estimate of drug-likeness (QED) is 0.397. The Morgan fingerprint density at radius 2 is 1.77 bits per heavy atom. The molecule has 2 saturated heterocycles. The second-order valence-corrected chi connectivity index (χ2v) is 14.4. The number of hydrogen-bond donors (Lipinski definition) is 3. The van der Waals surface area contributed by atoms with Crippen molar-refractivity contribution in [1.82, 2.24) is 9.80 Å². The molecule has 0 radical (unpaired) electrons. The Hall–Kier alpha value is -1.31. The van der Waals surface area contributed by atoms with Gasteiger partial charge in [-0.25, -0.2) is 0 Å². The first-order chi connectivity index (χ1) is 20.4. The average molecular weight is 629 g/mol. The Morgan fingerprint density at radius 1 is 1.11 bits per heavy atom. The van der Waals surface area contributed by atoms with Gasteiger partial charge in [-0.1, -0.05) is 20.8 Å². The van der Waals surface area contributed by atoms with Gasteiger partial charge in [0.2, 0.25) is 0 Å². The molecule has 4 aliphatic heterocycles. The molecule has 0 aromatic rings. The first kappa shape index (κ1) is 37.2. The molecule has 44 heavy (non-hydrogen) atoms. The smallest absolute Gasteiger partial charge is 0.311 e. The van der Waals surface area contributed by atoms with Crippen LogP contribution in [0.1, 0.15) is 74.7 Å². The van der Waals surface area contributed by atoms with Crippen molar-refractivity contribution < 1.29 is 43.8 Å². The highest BCUT2D eigenvalue weighted by Gasteiger charge is 2.51. The zero-order valence-corrected chi connectivity index (χ0v) is 28.8. The Bertz CT molecular complexity index is 964. The van der Waals surface area contributed by atoms with Crippen LogP contribution in [0.15, 0.2) is 12.3 Å². The highest BCUT2D eigenvalue weighted by Crippen LogP contribution is 2.39. The molecule has 2 unspecified atom stereocenters. The van der Waals surface area contributed by atoms with Crippen LogP contribution in [0.5, 0.6) is 0 Å². The van der Waals surface area contributed by atoms with E-state index in [1.165, 1.54) is 6.26 Å². The van der Waals surface area contributed by atoms with E-state index in [0.29, 0.717) is 25.8 Å². The number of esters is 1. The van der Waals surface area contributed by atoms with Crippen LogP contribution in [0.2, 0.25) is 0 Å². The number of rotatable bonds is 4. The lowest BCUT2D eigenvalue weighted by atomic mass is 9.77. The van der Waals surface area contributed by atoms with E-state index >= 15 is 0 Å². The molecule has 3 N–H and O–H groups in total. The first-order valence-corrected chi connectivity index (χ1v) is 16.4. The number of ether oxygens (including phenoxy) is 5. The molecule has 4 aliphatic rings. The van der Waals surface area contributed by atoms with E-state index in [9.17, 15) is 20.1 Å². The number of carbonyl (C=O) groups is 1. The Kier molecular flexibility index (Phi) is 12.7. The lowest BCUT2D eigenvalue weighted by molar-refractivity contribution is -0.303. The van der Waals surface area contributed by atoms with Crippen molar-refractivity contribution >= 4 is 5.97 Å². The van der Waals surface area contributed by atoms with Gasteiger partial charge in [0.15, 0.2) is 6.29 Å². The van der Waals surface area contributed by atoms with Crippen LogP contribution in [-0.4, -0.2) is 132 Å². The van der Waals surface area contributed by atoms with Crippen molar-refractivity contribution in [2.45, 2.75) is 141 Å². The van der Waals surface area contributed by atoms with Gasteiger partial charge in [0, 0.05) is 24.5 Å². The number of hydrogen-bond acceptors (Lipinski definition) is 11. The highest BCUT2D eigenvalue weighted by molar-refractivity contribution is 5.73. The molecule has 11 nitrogen and oxygen atoms in total. The van der Waals surface area contributed by atoms with Gasteiger partial charge in [0.1, 0.15) is 23.9 Å². The molecular weight excluding hydrogens is 568 g/mol. The fraction of sp³-hybridized carbons (Fsp3) is 0.909. The number of aliphatic hydroxyl groups is 3. The summed E-state index contributed by atoms with van der Waals surface area (Å²) in [5.74, 6) is -2.12. The molecule has 0 amide bonds. The SMILES string of the molecule is CC[C@H]1OC(=O)C(C)C(O)[C@H](C)[C@@H](O[C@@H]2O[C@H](C)C[C@H](N(C)C)[C@H]2O)[C@@]2(C)C[C@@H](C)CN(C)[C@H](C)[C@@H](O/C=C/CO2)[C@]1(C)O. The van der Waals surface area contributed by atoms with Crippen LogP contribution in [0.3, 0.4) is 0 Å². The molecule has 0 aromatic heterocycles. The van der Waals surface area contributed by atoms with Crippen molar-refractivity contribution in [1.29, 1.82) is 0 Å². The Labute approximate surface area is 264 Å². The molecule has 0 saturated carbocycles. The molecule has 2 fully saturated rings. The molecule has 14 atom stereocenters. The van der Waals surface area contributed by atoms with Crippen molar-refractivity contribution in [2.75, 3.05) is 34.3 Å².